The summed E-state index contributed by atoms with van der Waals surface area (Å²) < 4.78 is 74.2. The van der Waals surface area contributed by atoms with Gasteiger partial charge in [-0.15, -0.1) is 0 Å². The van der Waals surface area contributed by atoms with Crippen molar-refractivity contribution in [3.63, 3.8) is 0 Å². The highest BCUT2D eigenvalue weighted by Crippen LogP contribution is 2.64. The van der Waals surface area contributed by atoms with Crippen LogP contribution < -0.4 is 10.4 Å². The summed E-state index contributed by atoms with van der Waals surface area (Å²) in [6.07, 6.45) is -6.10. The number of fused-ring (bicyclic) bond motifs is 1. The maximum Gasteiger partial charge on any atom is 0.435 e. The van der Waals surface area contributed by atoms with Crippen molar-refractivity contribution in [2.24, 2.45) is 11.8 Å². The van der Waals surface area contributed by atoms with Crippen molar-refractivity contribution in [2.75, 3.05) is 0 Å². The van der Waals surface area contributed by atoms with E-state index in [-0.39, 0.29) is 34.6 Å². The van der Waals surface area contributed by atoms with E-state index in [9.17, 15) is 22.0 Å². The zero-order valence-electron chi connectivity index (χ0n) is 21.1. The largest absolute Gasteiger partial charge is 0.435 e. The maximum atomic E-state index is 13.3. The molecule has 3 aromatic rings. The smallest absolute Gasteiger partial charge is 0.404 e. The lowest BCUT2D eigenvalue weighted by molar-refractivity contribution is -0.141. The summed E-state index contributed by atoms with van der Waals surface area (Å²) in [6, 6.07) is 21.6. The molecule has 2 unspecified atom stereocenters. The number of rotatable bonds is 7. The van der Waals surface area contributed by atoms with E-state index in [1.54, 1.807) is 0 Å². The Morgan fingerprint density at radius 2 is 1.43 bits per heavy atom. The highest BCUT2D eigenvalue weighted by atomic mass is 28.4. The molecule has 5 rings (SSSR count). The molecule has 0 spiro atoms. The molecule has 0 amide bonds. The molecule has 2 fully saturated rings. The van der Waals surface area contributed by atoms with Crippen LogP contribution in [0.4, 0.5) is 22.0 Å². The van der Waals surface area contributed by atoms with Crippen LogP contribution in [0.1, 0.15) is 50.9 Å². The number of halogens is 5. The number of nitrogens with zero attached hydrogens (tertiary/aromatic N) is 2. The van der Waals surface area contributed by atoms with Gasteiger partial charge in [0.2, 0.25) is 0 Å². The van der Waals surface area contributed by atoms with Gasteiger partial charge in [0.05, 0.1) is 0 Å². The van der Waals surface area contributed by atoms with E-state index in [0.717, 1.165) is 10.7 Å². The van der Waals surface area contributed by atoms with Gasteiger partial charge in [0.15, 0.2) is 5.69 Å². The van der Waals surface area contributed by atoms with E-state index in [2.05, 4.69) is 50.1 Å². The van der Waals surface area contributed by atoms with Crippen molar-refractivity contribution in [1.82, 2.24) is 9.78 Å². The summed E-state index contributed by atoms with van der Waals surface area (Å²) in [5.41, 5.74) is -0.834. The Balaban J connectivity index is 1.42. The number of hydrogen-bond donors (Lipinski definition) is 0. The Morgan fingerprint density at radius 3 is 1.86 bits per heavy atom. The Morgan fingerprint density at radius 1 is 0.919 bits per heavy atom. The molecular formula is C28H31F5N2OSi. The predicted molar refractivity (Wildman–Crippen MR) is 135 cm³/mol. The molecule has 2 aliphatic rings. The van der Waals surface area contributed by atoms with Crippen LogP contribution in [0.3, 0.4) is 0 Å². The van der Waals surface area contributed by atoms with Crippen LogP contribution in [0.2, 0.25) is 5.04 Å². The average Bonchev–Trinajstić information content (AvgIpc) is 3.15. The van der Waals surface area contributed by atoms with Crippen LogP contribution in [-0.2, 0) is 17.1 Å². The topological polar surface area (TPSA) is 27.1 Å². The van der Waals surface area contributed by atoms with Crippen LogP contribution >= 0.6 is 0 Å². The summed E-state index contributed by atoms with van der Waals surface area (Å²) in [5, 5.41) is 5.66. The average molecular weight is 535 g/mol. The molecular weight excluding hydrogens is 503 g/mol. The number of benzene rings is 2. The molecule has 2 atom stereocenters. The van der Waals surface area contributed by atoms with Crippen LogP contribution in [-0.4, -0.2) is 30.6 Å². The number of hydrogen-bond acceptors (Lipinski definition) is 2. The van der Waals surface area contributed by atoms with Gasteiger partial charge in [0, 0.05) is 17.7 Å². The molecule has 37 heavy (non-hydrogen) atoms. The van der Waals surface area contributed by atoms with Crippen LogP contribution in [0, 0.1) is 11.8 Å². The molecule has 1 heterocycles. The van der Waals surface area contributed by atoms with Crippen LogP contribution in [0.15, 0.2) is 66.7 Å². The first kappa shape index (κ1) is 26.1. The molecule has 0 radical (unpaired) electrons. The summed E-state index contributed by atoms with van der Waals surface area (Å²) in [4.78, 5) is 0. The second-order valence-corrected chi connectivity index (χ2v) is 15.5. The van der Waals surface area contributed by atoms with Gasteiger partial charge in [-0.05, 0) is 46.2 Å². The van der Waals surface area contributed by atoms with Gasteiger partial charge < -0.3 is 4.43 Å². The van der Waals surface area contributed by atoms with Crippen LogP contribution in [0.5, 0.6) is 0 Å². The lowest BCUT2D eigenvalue weighted by Gasteiger charge is -2.45. The number of alkyl halides is 5. The van der Waals surface area contributed by atoms with Crippen molar-refractivity contribution in [2.45, 2.75) is 69.8 Å². The highest BCUT2D eigenvalue weighted by Gasteiger charge is 2.61. The first-order valence-electron chi connectivity index (χ1n) is 12.6. The molecule has 2 aliphatic carbocycles. The molecule has 9 heteroatoms. The Kier molecular flexibility index (Phi) is 6.59. The molecule has 2 saturated carbocycles. The second-order valence-electron chi connectivity index (χ2n) is 11.3. The minimum Gasteiger partial charge on any atom is -0.404 e. The predicted octanol–water partition coefficient (Wildman–Crippen LogP) is 6.24. The van der Waals surface area contributed by atoms with E-state index in [1.165, 1.54) is 10.4 Å². The Hall–Kier alpha value is -2.52. The first-order chi connectivity index (χ1) is 17.4. The summed E-state index contributed by atoms with van der Waals surface area (Å²) in [7, 11) is -2.74. The molecule has 3 nitrogen and oxygen atoms in total. The Labute approximate surface area is 214 Å². The summed E-state index contributed by atoms with van der Waals surface area (Å²) >= 11 is 0. The van der Waals surface area contributed by atoms with Crippen molar-refractivity contribution in [3.05, 3.63) is 78.1 Å². The zero-order chi connectivity index (χ0) is 26.6. The van der Waals surface area contributed by atoms with Crippen molar-refractivity contribution >= 4 is 18.7 Å². The van der Waals surface area contributed by atoms with Gasteiger partial charge in [-0.2, -0.15) is 18.3 Å². The van der Waals surface area contributed by atoms with Gasteiger partial charge in [-0.3, -0.25) is 4.68 Å². The molecule has 198 valence electrons. The van der Waals surface area contributed by atoms with E-state index >= 15 is 0 Å². The summed E-state index contributed by atoms with van der Waals surface area (Å²) in [5.74, 6) is 0.0243. The molecule has 0 aliphatic heterocycles. The van der Waals surface area contributed by atoms with Gasteiger partial charge in [0.1, 0.15) is 6.54 Å². The van der Waals surface area contributed by atoms with E-state index in [4.69, 9.17) is 4.43 Å². The van der Waals surface area contributed by atoms with Crippen molar-refractivity contribution in [3.8, 4) is 0 Å². The number of aromatic nitrogens is 2. The van der Waals surface area contributed by atoms with E-state index in [0.29, 0.717) is 12.8 Å². The van der Waals surface area contributed by atoms with Crippen molar-refractivity contribution < 1.29 is 26.4 Å². The fraction of sp³-hybridized carbons (Fsp3) is 0.464. The summed E-state index contributed by atoms with van der Waals surface area (Å²) in [6.45, 7) is 5.79. The lowest BCUT2D eigenvalue weighted by atomic mass is 10.1. The maximum absolute atomic E-state index is 13.3. The highest BCUT2D eigenvalue weighted by molar-refractivity contribution is 6.99. The quantitative estimate of drug-likeness (QED) is 0.265. The second kappa shape index (κ2) is 9.34. The molecule has 0 bridgehead atoms. The van der Waals surface area contributed by atoms with E-state index < -0.39 is 33.2 Å². The third-order valence-electron chi connectivity index (χ3n) is 7.92. The van der Waals surface area contributed by atoms with Gasteiger partial charge in [-0.25, -0.2) is 8.78 Å². The Bertz CT molecular complexity index is 1170. The molecule has 0 saturated heterocycles. The molecule has 1 aromatic heterocycles. The van der Waals surface area contributed by atoms with Gasteiger partial charge >= 0.3 is 6.18 Å². The standard InChI is InChI=1S/C28H31F5N2OSi/c1-27(2,3)37(19-10-6-4-7-11-19,20-12-8-5-9-13-20)36-18-14-21-22(15-18)26(21)23-16-24(28(31,32)33)34-35(23)17-25(29)30/h4-13,16,18,21-22,25-26H,14-15,17H2,1-3H3. The fourth-order valence-electron chi connectivity index (χ4n) is 6.38. The van der Waals surface area contributed by atoms with Gasteiger partial charge in [-0.1, -0.05) is 81.4 Å². The molecule has 0 N–H and O–H groups in total. The minimum absolute atomic E-state index is 0.0499. The van der Waals surface area contributed by atoms with Crippen molar-refractivity contribution in [1.29, 1.82) is 0 Å². The monoisotopic (exact) mass is 534 g/mol. The third kappa shape index (κ3) is 4.76. The molecule has 2 aromatic carbocycles. The lowest BCUT2D eigenvalue weighted by Crippen LogP contribution is -2.67. The van der Waals surface area contributed by atoms with Crippen LogP contribution in [0.25, 0.3) is 0 Å². The first-order valence-corrected chi connectivity index (χ1v) is 14.5. The fourth-order valence-corrected chi connectivity index (χ4v) is 11.1. The third-order valence-corrected chi connectivity index (χ3v) is 13.0. The van der Waals surface area contributed by atoms with E-state index in [1.807, 2.05) is 36.4 Å². The normalized spacial score (nSPS) is 23.9. The van der Waals surface area contributed by atoms with Gasteiger partial charge in [0.25, 0.3) is 14.7 Å². The minimum atomic E-state index is -4.67. The SMILES string of the molecule is CC(C)(C)[Si](OC1CC2C(C1)C2c1cc(C(F)(F)F)nn1CC(F)F)(c1ccccc1)c1ccccc1. The zero-order valence-corrected chi connectivity index (χ0v) is 22.1.